The normalized spacial score (nSPS) is 64.0. The van der Waals surface area contributed by atoms with Crippen LogP contribution in [0.4, 0.5) is 0 Å². The number of rotatable bonds is 0. The van der Waals surface area contributed by atoms with E-state index in [1.807, 2.05) is 13.8 Å². The number of carbonyl (C=O) groups is 3. The van der Waals surface area contributed by atoms with Crippen molar-refractivity contribution in [1.82, 2.24) is 0 Å². The number of carbonyl (C=O) groups excluding carboxylic acids is 3. The maximum absolute atomic E-state index is 16.0. The molecule has 0 aromatic carbocycles. The van der Waals surface area contributed by atoms with Gasteiger partial charge < -0.3 is 44.8 Å². The van der Waals surface area contributed by atoms with Gasteiger partial charge in [0.25, 0.3) is 0 Å². The Kier molecular flexibility index (Phi) is 5.98. The highest BCUT2D eigenvalue weighted by Crippen LogP contribution is 2.87. The highest BCUT2D eigenvalue weighted by atomic mass is 16.6. The van der Waals surface area contributed by atoms with Gasteiger partial charge in [-0.3, -0.25) is 14.4 Å². The fourth-order valence-corrected chi connectivity index (χ4v) is 18.1. The maximum atomic E-state index is 16.0. The van der Waals surface area contributed by atoms with Crippen LogP contribution in [0.3, 0.4) is 0 Å². The van der Waals surface area contributed by atoms with Crippen LogP contribution < -0.4 is 0 Å². The van der Waals surface area contributed by atoms with Crippen molar-refractivity contribution in [3.8, 4) is 0 Å². The van der Waals surface area contributed by atoms with Gasteiger partial charge in [-0.15, -0.1) is 0 Å². The predicted molar refractivity (Wildman–Crippen MR) is 176 cm³/mol. The summed E-state index contributed by atoms with van der Waals surface area (Å²) in [5.41, 5.74) is -9.68. The van der Waals surface area contributed by atoms with E-state index in [-0.39, 0.29) is 38.9 Å². The first-order chi connectivity index (χ1) is 24.3. The average molecular weight is 727 g/mol. The van der Waals surface area contributed by atoms with E-state index >= 15 is 9.59 Å². The third-order valence-corrected chi connectivity index (χ3v) is 19.5. The molecule has 12 fully saturated rings. The molecular weight excluding hydrogens is 672 g/mol. The number of aliphatic hydroxyl groups excluding tert-OH is 5. The summed E-state index contributed by atoms with van der Waals surface area (Å²) in [4.78, 5) is 46.5. The Labute approximate surface area is 302 Å². The first-order valence-corrected chi connectivity index (χ1v) is 20.0. The van der Waals surface area contributed by atoms with Gasteiger partial charge in [0.2, 0.25) is 5.79 Å². The van der Waals surface area contributed by atoms with Crippen LogP contribution >= 0.6 is 0 Å². The minimum atomic E-state index is -2.45. The molecule has 12 rings (SSSR count). The summed E-state index contributed by atoms with van der Waals surface area (Å²) in [6.07, 6.45) is -3.05. The first kappa shape index (κ1) is 33.8. The minimum Gasteiger partial charge on any atom is -0.461 e. The van der Waals surface area contributed by atoms with E-state index < -0.39 is 139 Å². The van der Waals surface area contributed by atoms with Gasteiger partial charge in [0.15, 0.2) is 17.9 Å². The Bertz CT molecular complexity index is 1730. The molecule has 4 heterocycles. The number of ketones is 2. The lowest BCUT2D eigenvalue weighted by molar-refractivity contribution is -0.458. The molecule has 0 aromatic heterocycles. The third-order valence-electron chi connectivity index (χ3n) is 19.5. The van der Waals surface area contributed by atoms with Gasteiger partial charge in [0.1, 0.15) is 23.0 Å². The molecule has 4 saturated heterocycles. The highest BCUT2D eigenvalue weighted by Gasteiger charge is 2.95. The fraction of sp³-hybridized carbons (Fsp3) is 0.925. The molecule has 286 valence electrons. The van der Waals surface area contributed by atoms with Gasteiger partial charge in [-0.25, -0.2) is 0 Å². The second-order valence-corrected chi connectivity index (χ2v) is 21.1. The van der Waals surface area contributed by atoms with E-state index in [1.54, 1.807) is 0 Å². The van der Waals surface area contributed by atoms with Crippen molar-refractivity contribution in [2.45, 2.75) is 135 Å². The van der Waals surface area contributed by atoms with Gasteiger partial charge >= 0.3 is 5.97 Å². The van der Waals surface area contributed by atoms with E-state index in [0.717, 1.165) is 0 Å². The van der Waals surface area contributed by atoms with E-state index in [0.29, 0.717) is 38.5 Å². The average Bonchev–Trinajstić information content (AvgIpc) is 3.56. The number of fused-ring (bicyclic) bond motifs is 6. The van der Waals surface area contributed by atoms with Crippen LogP contribution in [0, 0.1) is 78.8 Å². The van der Waals surface area contributed by atoms with Gasteiger partial charge in [0.05, 0.1) is 31.5 Å². The molecule has 19 unspecified atom stereocenters. The second-order valence-electron chi connectivity index (χ2n) is 21.1. The predicted octanol–water partition coefficient (Wildman–Crippen LogP) is 1.24. The van der Waals surface area contributed by atoms with Crippen molar-refractivity contribution < 1.29 is 59.2 Å². The van der Waals surface area contributed by atoms with Crippen LogP contribution in [-0.2, 0) is 28.6 Å². The lowest BCUT2D eigenvalue weighted by Gasteiger charge is -2.74. The van der Waals surface area contributed by atoms with Crippen LogP contribution in [0.15, 0.2) is 0 Å². The molecule has 0 amide bonds. The molecule has 0 aromatic rings. The highest BCUT2D eigenvalue weighted by molar-refractivity contribution is 6.14. The number of hydrogen-bond acceptors (Lipinski definition) is 12. The molecule has 4 aliphatic heterocycles. The summed E-state index contributed by atoms with van der Waals surface area (Å²) >= 11 is 0. The number of aliphatic hydroxyl groups is 6. The SMILES string of the molecule is CC1(C)CCC2OC(=O)C34CC(CC(O)C3C23COC(O)C13)C1(CCC12C(=O)C13C(O)C2CCC1C12COC3(O)C(O)C1C(C)(C)CCC2O)C4=O. The van der Waals surface area contributed by atoms with Crippen molar-refractivity contribution in [3.05, 3.63) is 0 Å². The monoisotopic (exact) mass is 726 g/mol. The van der Waals surface area contributed by atoms with E-state index in [1.165, 1.54) is 0 Å². The van der Waals surface area contributed by atoms with Crippen molar-refractivity contribution in [2.75, 3.05) is 13.2 Å². The van der Waals surface area contributed by atoms with Crippen LogP contribution in [0.1, 0.15) is 91.9 Å². The molecule has 12 aliphatic rings. The smallest absolute Gasteiger partial charge is 0.320 e. The zero-order valence-corrected chi connectivity index (χ0v) is 30.5. The molecule has 12 heteroatoms. The molecule has 8 aliphatic carbocycles. The van der Waals surface area contributed by atoms with Crippen molar-refractivity contribution >= 4 is 17.5 Å². The molecule has 6 N–H and O–H groups in total. The minimum absolute atomic E-state index is 0.0367. The summed E-state index contributed by atoms with van der Waals surface area (Å²) in [5.74, 6) is -8.03. The Hall–Kier alpha value is -1.51. The van der Waals surface area contributed by atoms with Gasteiger partial charge in [-0.05, 0) is 92.8 Å². The van der Waals surface area contributed by atoms with E-state index in [9.17, 15) is 35.4 Å². The lowest BCUT2D eigenvalue weighted by Crippen LogP contribution is -2.85. The van der Waals surface area contributed by atoms with Crippen molar-refractivity contribution in [2.24, 2.45) is 78.8 Å². The standard InChI is InChI=1S/C40H54O12/c1-32(2)9-7-21(42)35-16-51-40(49,27(44)24(32)35)39-20(35)6-5-18(26(39)43)38(30(39)47)12-11-37(38)17-13-19(41)23-34(14-17,29(37)46)31(48)52-22-8-10-33(3,4)25-28(45)50-15-36(22,23)25/h17-28,41-45,49H,5-16H2,1-4H3. The molecule has 0 radical (unpaired) electrons. The lowest BCUT2D eigenvalue weighted by atomic mass is 9.35. The maximum Gasteiger partial charge on any atom is 0.320 e. The van der Waals surface area contributed by atoms with Crippen LogP contribution in [0.2, 0.25) is 0 Å². The Morgan fingerprint density at radius 2 is 1.40 bits per heavy atom. The molecule has 19 atom stereocenters. The summed E-state index contributed by atoms with van der Waals surface area (Å²) < 4.78 is 18.5. The van der Waals surface area contributed by atoms with E-state index in [4.69, 9.17) is 14.2 Å². The Morgan fingerprint density at radius 3 is 2.12 bits per heavy atom. The molecule has 52 heavy (non-hydrogen) atoms. The largest absolute Gasteiger partial charge is 0.461 e. The van der Waals surface area contributed by atoms with Crippen LogP contribution in [0.5, 0.6) is 0 Å². The van der Waals surface area contributed by atoms with Crippen LogP contribution in [-0.4, -0.2) is 104 Å². The summed E-state index contributed by atoms with van der Waals surface area (Å²) in [6.45, 7) is 8.12. The van der Waals surface area contributed by atoms with Gasteiger partial charge in [0, 0.05) is 39.4 Å². The van der Waals surface area contributed by atoms with E-state index in [2.05, 4.69) is 13.8 Å². The van der Waals surface area contributed by atoms with Crippen molar-refractivity contribution in [3.63, 3.8) is 0 Å². The van der Waals surface area contributed by atoms with Gasteiger partial charge in [-0.2, -0.15) is 0 Å². The number of ether oxygens (including phenoxy) is 3. The molecular formula is C40H54O12. The quantitative estimate of drug-likeness (QED) is 0.154. The Morgan fingerprint density at radius 1 is 0.712 bits per heavy atom. The molecule has 6 spiro atoms. The first-order valence-electron chi connectivity index (χ1n) is 20.0. The van der Waals surface area contributed by atoms with Crippen molar-refractivity contribution in [1.29, 1.82) is 0 Å². The number of esters is 1. The molecule has 8 saturated carbocycles. The third kappa shape index (κ3) is 2.83. The molecule has 6 bridgehead atoms. The topological polar surface area (TPSA) is 200 Å². The summed E-state index contributed by atoms with van der Waals surface area (Å²) in [6, 6.07) is 0. The number of Topliss-reactive ketones (excluding diaryl/α,β-unsaturated/α-hetero) is 2. The fourth-order valence-electron chi connectivity index (χ4n) is 18.1. The second kappa shape index (κ2) is 9.20. The molecule has 12 nitrogen and oxygen atoms in total. The zero-order chi connectivity index (χ0) is 36.8. The van der Waals surface area contributed by atoms with Crippen LogP contribution in [0.25, 0.3) is 0 Å². The Balaban J connectivity index is 1.08. The zero-order valence-electron chi connectivity index (χ0n) is 30.5. The van der Waals surface area contributed by atoms with Gasteiger partial charge in [-0.1, -0.05) is 27.7 Å². The summed E-state index contributed by atoms with van der Waals surface area (Å²) in [7, 11) is 0. The summed E-state index contributed by atoms with van der Waals surface area (Å²) in [5, 5.41) is 73.3. The number of hydrogen-bond donors (Lipinski definition) is 6.